The smallest absolute Gasteiger partial charge is 0.220 e. The van der Waals surface area contributed by atoms with Crippen molar-refractivity contribution in [3.05, 3.63) is 95.7 Å². The van der Waals surface area contributed by atoms with Crippen LogP contribution in [0.2, 0.25) is 0 Å². The SMILES string of the molecule is CC(C)[C@H](CCNC(=O)C[C@@H](c1ccccc1)c1ccc(F)cc1)c1ccco1. The fraction of sp³-hybridized carbons (Fsp3) is 0.320. The molecular weight excluding hydrogens is 365 g/mol. The van der Waals surface area contributed by atoms with E-state index in [2.05, 4.69) is 19.2 Å². The maximum atomic E-state index is 13.4. The molecule has 1 heterocycles. The summed E-state index contributed by atoms with van der Waals surface area (Å²) in [7, 11) is 0. The lowest BCUT2D eigenvalue weighted by Gasteiger charge is -2.20. The summed E-state index contributed by atoms with van der Waals surface area (Å²) in [5.74, 6) is 1.26. The minimum absolute atomic E-state index is 0.00914. The predicted octanol–water partition coefficient (Wildman–Crippen LogP) is 5.89. The molecule has 29 heavy (non-hydrogen) atoms. The monoisotopic (exact) mass is 393 g/mol. The van der Waals surface area contributed by atoms with Crippen LogP contribution in [-0.2, 0) is 4.79 Å². The van der Waals surface area contributed by atoms with Gasteiger partial charge in [0.15, 0.2) is 0 Å². The van der Waals surface area contributed by atoms with Gasteiger partial charge in [0.1, 0.15) is 11.6 Å². The molecule has 0 unspecified atom stereocenters. The molecule has 0 aliphatic rings. The molecule has 0 saturated heterocycles. The molecule has 152 valence electrons. The summed E-state index contributed by atoms with van der Waals surface area (Å²) < 4.78 is 18.9. The van der Waals surface area contributed by atoms with E-state index in [4.69, 9.17) is 4.42 Å². The average molecular weight is 394 g/mol. The Kier molecular flexibility index (Phi) is 7.23. The highest BCUT2D eigenvalue weighted by molar-refractivity contribution is 5.77. The molecule has 1 amide bonds. The summed E-state index contributed by atoms with van der Waals surface area (Å²) in [6.07, 6.45) is 2.84. The molecule has 0 spiro atoms. The number of furan rings is 1. The fourth-order valence-corrected chi connectivity index (χ4v) is 3.74. The molecule has 1 N–H and O–H groups in total. The quantitative estimate of drug-likeness (QED) is 0.493. The molecule has 3 nitrogen and oxygen atoms in total. The van der Waals surface area contributed by atoms with Crippen molar-refractivity contribution in [2.75, 3.05) is 6.54 Å². The Labute approximate surface area is 172 Å². The van der Waals surface area contributed by atoms with Gasteiger partial charge < -0.3 is 9.73 Å². The van der Waals surface area contributed by atoms with Crippen molar-refractivity contribution in [3.8, 4) is 0 Å². The summed E-state index contributed by atoms with van der Waals surface area (Å²) in [5.41, 5.74) is 1.98. The second kappa shape index (κ2) is 10.1. The number of hydrogen-bond acceptors (Lipinski definition) is 2. The molecule has 0 radical (unpaired) electrons. The first kappa shape index (κ1) is 20.8. The molecule has 0 aliphatic heterocycles. The van der Waals surface area contributed by atoms with Crippen LogP contribution in [0.4, 0.5) is 4.39 Å². The van der Waals surface area contributed by atoms with Gasteiger partial charge in [-0.1, -0.05) is 56.3 Å². The molecule has 3 aromatic rings. The highest BCUT2D eigenvalue weighted by atomic mass is 19.1. The van der Waals surface area contributed by atoms with Crippen molar-refractivity contribution < 1.29 is 13.6 Å². The van der Waals surface area contributed by atoms with Gasteiger partial charge in [-0.15, -0.1) is 0 Å². The van der Waals surface area contributed by atoms with Crippen LogP contribution in [0.15, 0.2) is 77.4 Å². The van der Waals surface area contributed by atoms with Crippen LogP contribution in [-0.4, -0.2) is 12.5 Å². The lowest BCUT2D eigenvalue weighted by Crippen LogP contribution is -2.28. The molecule has 0 saturated carbocycles. The van der Waals surface area contributed by atoms with Gasteiger partial charge in [0.2, 0.25) is 5.91 Å². The Morgan fingerprint density at radius 1 is 0.966 bits per heavy atom. The predicted molar refractivity (Wildman–Crippen MR) is 113 cm³/mol. The van der Waals surface area contributed by atoms with Crippen LogP contribution in [0.3, 0.4) is 0 Å². The minimum Gasteiger partial charge on any atom is -0.469 e. The van der Waals surface area contributed by atoms with Crippen molar-refractivity contribution in [1.82, 2.24) is 5.32 Å². The van der Waals surface area contributed by atoms with E-state index in [0.717, 1.165) is 23.3 Å². The lowest BCUT2D eigenvalue weighted by molar-refractivity contribution is -0.121. The number of carbonyl (C=O) groups excluding carboxylic acids is 1. The zero-order valence-corrected chi connectivity index (χ0v) is 17.0. The second-order valence-electron chi connectivity index (χ2n) is 7.72. The normalized spacial score (nSPS) is 13.2. The van der Waals surface area contributed by atoms with Gasteiger partial charge in [-0.05, 0) is 47.7 Å². The molecular formula is C25H28FNO2. The number of halogens is 1. The van der Waals surface area contributed by atoms with Crippen molar-refractivity contribution >= 4 is 5.91 Å². The lowest BCUT2D eigenvalue weighted by atomic mass is 9.88. The minimum atomic E-state index is -0.275. The topological polar surface area (TPSA) is 42.2 Å². The Bertz CT molecular complexity index is 873. The van der Waals surface area contributed by atoms with E-state index < -0.39 is 0 Å². The molecule has 1 aromatic heterocycles. The van der Waals surface area contributed by atoms with Gasteiger partial charge in [-0.3, -0.25) is 4.79 Å². The molecule has 2 atom stereocenters. The summed E-state index contributed by atoms with van der Waals surface area (Å²) in [6, 6.07) is 20.2. The Hall–Kier alpha value is -2.88. The van der Waals surface area contributed by atoms with Gasteiger partial charge in [0, 0.05) is 24.8 Å². The Balaban J connectivity index is 1.63. The molecule has 3 rings (SSSR count). The van der Waals surface area contributed by atoms with Crippen LogP contribution in [0.1, 0.15) is 55.4 Å². The van der Waals surface area contributed by atoms with E-state index in [0.29, 0.717) is 18.9 Å². The van der Waals surface area contributed by atoms with E-state index >= 15 is 0 Å². The Morgan fingerprint density at radius 3 is 2.28 bits per heavy atom. The zero-order valence-electron chi connectivity index (χ0n) is 17.0. The van der Waals surface area contributed by atoms with E-state index in [-0.39, 0.29) is 23.6 Å². The second-order valence-corrected chi connectivity index (χ2v) is 7.72. The van der Waals surface area contributed by atoms with Crippen LogP contribution in [0.5, 0.6) is 0 Å². The van der Waals surface area contributed by atoms with Crippen molar-refractivity contribution in [2.24, 2.45) is 5.92 Å². The zero-order chi connectivity index (χ0) is 20.6. The fourth-order valence-electron chi connectivity index (χ4n) is 3.74. The van der Waals surface area contributed by atoms with Gasteiger partial charge in [0.05, 0.1) is 6.26 Å². The first-order valence-electron chi connectivity index (χ1n) is 10.1. The number of rotatable bonds is 9. The summed E-state index contributed by atoms with van der Waals surface area (Å²) >= 11 is 0. The third-order valence-electron chi connectivity index (χ3n) is 5.35. The van der Waals surface area contributed by atoms with E-state index in [1.54, 1.807) is 18.4 Å². The van der Waals surface area contributed by atoms with Gasteiger partial charge in [-0.25, -0.2) is 4.39 Å². The largest absolute Gasteiger partial charge is 0.469 e. The molecule has 0 fully saturated rings. The number of benzene rings is 2. The van der Waals surface area contributed by atoms with E-state index in [9.17, 15) is 9.18 Å². The first-order chi connectivity index (χ1) is 14.0. The van der Waals surface area contributed by atoms with Crippen LogP contribution in [0, 0.1) is 11.7 Å². The number of nitrogens with one attached hydrogen (secondary N) is 1. The van der Waals surface area contributed by atoms with Crippen molar-refractivity contribution in [3.63, 3.8) is 0 Å². The molecule has 0 aliphatic carbocycles. The van der Waals surface area contributed by atoms with Crippen LogP contribution >= 0.6 is 0 Å². The maximum absolute atomic E-state index is 13.4. The highest BCUT2D eigenvalue weighted by Gasteiger charge is 2.21. The third kappa shape index (κ3) is 5.80. The number of carbonyl (C=O) groups is 1. The maximum Gasteiger partial charge on any atom is 0.220 e. The van der Waals surface area contributed by atoms with Crippen molar-refractivity contribution in [1.29, 1.82) is 0 Å². The van der Waals surface area contributed by atoms with Gasteiger partial charge in [-0.2, -0.15) is 0 Å². The van der Waals surface area contributed by atoms with Gasteiger partial charge in [0.25, 0.3) is 0 Å². The van der Waals surface area contributed by atoms with Gasteiger partial charge >= 0.3 is 0 Å². The molecule has 0 bridgehead atoms. The molecule has 4 heteroatoms. The summed E-state index contributed by atoms with van der Waals surface area (Å²) in [4.78, 5) is 12.7. The standard InChI is InChI=1S/C25H28FNO2/c1-18(2)22(24-9-6-16-29-24)14-15-27-25(28)17-23(19-7-4-3-5-8-19)20-10-12-21(26)13-11-20/h3-13,16,18,22-23H,14-15,17H2,1-2H3,(H,27,28)/t22-,23-/m0/s1. The average Bonchev–Trinajstić information content (AvgIpc) is 3.25. The first-order valence-corrected chi connectivity index (χ1v) is 10.1. The highest BCUT2D eigenvalue weighted by Crippen LogP contribution is 2.29. The number of amides is 1. The molecule has 2 aromatic carbocycles. The van der Waals surface area contributed by atoms with E-state index in [1.807, 2.05) is 42.5 Å². The van der Waals surface area contributed by atoms with E-state index in [1.165, 1.54) is 12.1 Å². The van der Waals surface area contributed by atoms with Crippen LogP contribution < -0.4 is 5.32 Å². The third-order valence-corrected chi connectivity index (χ3v) is 5.35. The number of hydrogen-bond donors (Lipinski definition) is 1. The van der Waals surface area contributed by atoms with Crippen molar-refractivity contribution in [2.45, 2.75) is 38.5 Å². The summed E-state index contributed by atoms with van der Waals surface area (Å²) in [6.45, 7) is 4.91. The summed E-state index contributed by atoms with van der Waals surface area (Å²) in [5, 5.41) is 3.06. The van der Waals surface area contributed by atoms with Crippen LogP contribution in [0.25, 0.3) is 0 Å². The Morgan fingerprint density at radius 2 is 1.66 bits per heavy atom.